The fraction of sp³-hybridized carbons (Fsp3) is 0.406. The van der Waals surface area contributed by atoms with Crippen LogP contribution in [0.25, 0.3) is 0 Å². The molecule has 6 heterocycles. The highest BCUT2D eigenvalue weighted by Crippen LogP contribution is 2.40. The van der Waals surface area contributed by atoms with Crippen molar-refractivity contribution in [3.63, 3.8) is 0 Å². The van der Waals surface area contributed by atoms with Gasteiger partial charge >= 0.3 is 5.97 Å². The van der Waals surface area contributed by atoms with E-state index in [0.29, 0.717) is 56.0 Å². The molecule has 0 aliphatic carbocycles. The second kappa shape index (κ2) is 15.2. The number of thioether (sulfide) groups is 1. The summed E-state index contributed by atoms with van der Waals surface area (Å²) in [6, 6.07) is 3.72. The van der Waals surface area contributed by atoms with Crippen molar-refractivity contribution in [2.75, 3.05) is 43.3 Å². The molecule has 0 saturated carbocycles. The van der Waals surface area contributed by atoms with Gasteiger partial charge in [-0.1, -0.05) is 21.9 Å². The molecule has 280 valence electrons. The van der Waals surface area contributed by atoms with Gasteiger partial charge in [0.25, 0.3) is 11.8 Å². The Labute approximate surface area is 314 Å². The number of ether oxygens (including phenoxy) is 1. The first-order valence-electron chi connectivity index (χ1n) is 16.5. The van der Waals surface area contributed by atoms with Crippen molar-refractivity contribution in [2.45, 2.75) is 50.0 Å². The van der Waals surface area contributed by atoms with E-state index in [9.17, 15) is 19.5 Å². The Morgan fingerprint density at radius 1 is 1.26 bits per heavy atom. The molecule has 7 rings (SSSR count). The number of nitrogen functional groups attached to an aromatic ring is 1. The fourth-order valence-electron chi connectivity index (χ4n) is 6.55. The molecule has 3 aromatic rings. The minimum absolute atomic E-state index is 0.0191. The topological polar surface area (TPSA) is 216 Å². The Bertz CT molecular complexity index is 2030. The summed E-state index contributed by atoms with van der Waals surface area (Å²) in [6.45, 7) is 2.61. The number of nitrogens with zero attached hydrogens (tertiary/aromatic N) is 7. The minimum Gasteiger partial charge on any atom is -0.477 e. The van der Waals surface area contributed by atoms with E-state index in [-0.39, 0.29) is 57.8 Å². The number of carbonyl (C=O) groups is 3. The van der Waals surface area contributed by atoms with E-state index in [4.69, 9.17) is 37.5 Å². The van der Waals surface area contributed by atoms with Crippen molar-refractivity contribution in [3.05, 3.63) is 68.7 Å². The molecule has 4 aliphatic rings. The molecule has 53 heavy (non-hydrogen) atoms. The van der Waals surface area contributed by atoms with Gasteiger partial charge < -0.3 is 41.2 Å². The predicted molar refractivity (Wildman–Crippen MR) is 192 cm³/mol. The highest BCUT2D eigenvalue weighted by Gasteiger charge is 2.55. The fourth-order valence-corrected chi connectivity index (χ4v) is 8.70. The maximum atomic E-state index is 15.5. The average Bonchev–Trinajstić information content (AvgIpc) is 3.87. The van der Waals surface area contributed by atoms with Gasteiger partial charge in [0, 0.05) is 58.8 Å². The van der Waals surface area contributed by atoms with Crippen LogP contribution < -0.4 is 26.4 Å². The summed E-state index contributed by atoms with van der Waals surface area (Å²) in [5.41, 5.74) is 12.8. The number of thiazole rings is 1. The smallest absolute Gasteiger partial charge is 0.352 e. The number of oxime groups is 2. The normalized spacial score (nSPS) is 20.6. The van der Waals surface area contributed by atoms with Crippen molar-refractivity contribution < 1.29 is 43.0 Å². The molecule has 2 aromatic heterocycles. The van der Waals surface area contributed by atoms with Gasteiger partial charge in [-0.2, -0.15) is 0 Å². The zero-order valence-corrected chi connectivity index (χ0v) is 30.6. The molecule has 2 atom stereocenters. The third kappa shape index (κ3) is 7.22. The van der Waals surface area contributed by atoms with Crippen LogP contribution in [0.15, 0.2) is 51.4 Å². The SMILES string of the molecule is CO/N=C(\C(=O)N[C@@H]1C(=O)N2C(C(=O)O)=C(C[n+]3ccc4n3CCN4Cc3c(F)cc(/C(N)=N/OC4CCOCC4)cc3Cl)CS[C@H]12)c1csc(N)n1. The number of anilines is 2. The van der Waals surface area contributed by atoms with Crippen LogP contribution in [0.5, 0.6) is 0 Å². The second-order valence-electron chi connectivity index (χ2n) is 12.4. The Hall–Kier alpha value is -4.92. The van der Waals surface area contributed by atoms with Gasteiger partial charge in [-0.15, -0.1) is 32.5 Å². The number of carbonyl (C=O) groups excluding carboxylic acids is 2. The van der Waals surface area contributed by atoms with Crippen LogP contribution in [0.1, 0.15) is 29.7 Å². The Kier molecular flexibility index (Phi) is 10.5. The molecule has 1 aromatic carbocycles. The number of carboxylic acid groups (broad SMARTS) is 1. The number of hydrogen-bond donors (Lipinski definition) is 4. The van der Waals surface area contributed by atoms with E-state index < -0.39 is 35.0 Å². The Morgan fingerprint density at radius 2 is 2.06 bits per heavy atom. The molecule has 0 radical (unpaired) electrons. The monoisotopic (exact) mass is 789 g/mol. The number of nitrogens with two attached hydrogens (primary N) is 2. The first-order chi connectivity index (χ1) is 25.5. The van der Waals surface area contributed by atoms with Crippen molar-refractivity contribution in [3.8, 4) is 0 Å². The maximum Gasteiger partial charge on any atom is 0.352 e. The number of nitrogens with one attached hydrogen (secondary N) is 1. The van der Waals surface area contributed by atoms with Crippen LogP contribution in [-0.2, 0) is 48.4 Å². The lowest BCUT2D eigenvalue weighted by atomic mass is 10.0. The molecule has 6 N–H and O–H groups in total. The summed E-state index contributed by atoms with van der Waals surface area (Å²) in [5, 5.41) is 21.9. The van der Waals surface area contributed by atoms with E-state index >= 15 is 4.39 Å². The number of amides is 2. The van der Waals surface area contributed by atoms with Crippen LogP contribution in [-0.4, -0.2) is 99.1 Å². The van der Waals surface area contributed by atoms with Crippen molar-refractivity contribution in [1.82, 2.24) is 19.9 Å². The van der Waals surface area contributed by atoms with Crippen molar-refractivity contribution >= 4 is 75.0 Å². The standard InChI is InChI=1S/C32H34ClFN10O7S2/c1-49-39-24(22-15-53-32(36)37-22)28(45)38-25-29(46)44-26(31(47)48)17(14-52-30(25)44)12-42-5-2-23-41(6-7-43(23)42)13-19-20(33)10-16(11-21(19)34)27(35)40-51-18-3-8-50-9-4-18/h2,5,10-11,15,18,25,30H,3-4,6-9,12-14H2,1H3,(H5-,35,36,37,38,40,45,47,48)/p+1/b39-24-/t25-,30-/m1/s1. The zero-order chi connectivity index (χ0) is 37.4. The number of aromatic nitrogens is 3. The summed E-state index contributed by atoms with van der Waals surface area (Å²) >= 11 is 9.02. The second-order valence-corrected chi connectivity index (χ2v) is 14.8. The molecule has 4 aliphatic heterocycles. The summed E-state index contributed by atoms with van der Waals surface area (Å²) in [4.78, 5) is 56.6. The lowest BCUT2D eigenvalue weighted by Crippen LogP contribution is -2.71. The van der Waals surface area contributed by atoms with E-state index in [2.05, 4.69) is 20.6 Å². The molecular weight excluding hydrogens is 755 g/mol. The number of aliphatic carboxylic acids is 1. The molecule has 0 unspecified atom stereocenters. The number of carboxylic acids is 1. The number of β-lactam (4-membered cyclic amide) rings is 1. The number of benzene rings is 1. The lowest BCUT2D eigenvalue weighted by Gasteiger charge is -2.49. The van der Waals surface area contributed by atoms with E-state index in [1.165, 1.54) is 35.2 Å². The molecule has 2 fully saturated rings. The van der Waals surface area contributed by atoms with Gasteiger partial charge in [-0.3, -0.25) is 14.5 Å². The summed E-state index contributed by atoms with van der Waals surface area (Å²) in [7, 11) is 1.27. The first kappa shape index (κ1) is 36.4. The third-order valence-electron chi connectivity index (χ3n) is 9.18. The van der Waals surface area contributed by atoms with Crippen molar-refractivity contribution in [2.24, 2.45) is 16.0 Å². The number of halogens is 2. The largest absolute Gasteiger partial charge is 0.477 e. The molecule has 2 amide bonds. The number of rotatable bonds is 12. The van der Waals surface area contributed by atoms with Gasteiger partial charge in [-0.25, -0.2) is 14.2 Å². The van der Waals surface area contributed by atoms with Crippen LogP contribution in [0, 0.1) is 5.82 Å². The zero-order valence-electron chi connectivity index (χ0n) is 28.2. The van der Waals surface area contributed by atoms with Crippen LogP contribution in [0.3, 0.4) is 0 Å². The van der Waals surface area contributed by atoms with Crippen LogP contribution >= 0.6 is 34.7 Å². The summed E-state index contributed by atoms with van der Waals surface area (Å²) in [5.74, 6) is -1.98. The number of hydrogen-bond acceptors (Lipinski definition) is 13. The summed E-state index contributed by atoms with van der Waals surface area (Å²) in [6.07, 6.45) is 3.08. The molecule has 17 nitrogen and oxygen atoms in total. The van der Waals surface area contributed by atoms with E-state index in [1.807, 2.05) is 26.5 Å². The average molecular weight is 790 g/mol. The highest BCUT2D eigenvalue weighted by atomic mass is 35.5. The van der Waals surface area contributed by atoms with E-state index in [0.717, 1.165) is 17.2 Å². The third-order valence-corrected chi connectivity index (χ3v) is 11.5. The first-order valence-corrected chi connectivity index (χ1v) is 18.8. The van der Waals surface area contributed by atoms with Gasteiger partial charge in [-0.05, 0) is 12.1 Å². The quantitative estimate of drug-likeness (QED) is 0.0671. The van der Waals surface area contributed by atoms with Gasteiger partial charge in [0.2, 0.25) is 0 Å². The molecule has 21 heteroatoms. The highest BCUT2D eigenvalue weighted by molar-refractivity contribution is 8.00. The molecule has 2 saturated heterocycles. The van der Waals surface area contributed by atoms with Gasteiger partial charge in [0.05, 0.1) is 25.8 Å². The van der Waals surface area contributed by atoms with E-state index in [1.54, 1.807) is 6.07 Å². The van der Waals surface area contributed by atoms with Crippen LogP contribution in [0.4, 0.5) is 15.3 Å². The molecule has 0 bridgehead atoms. The molecule has 0 spiro atoms. The minimum atomic E-state index is -1.26. The molecular formula is C32H35ClFN10O7S2+. The van der Waals surface area contributed by atoms with Crippen molar-refractivity contribution in [1.29, 1.82) is 0 Å². The Balaban J connectivity index is 1.03. The Morgan fingerprint density at radius 3 is 2.75 bits per heavy atom. The summed E-state index contributed by atoms with van der Waals surface area (Å²) < 4.78 is 24.6. The van der Waals surface area contributed by atoms with Gasteiger partial charge in [0.1, 0.15) is 41.8 Å². The maximum absolute atomic E-state index is 15.5. The number of amidine groups is 1. The van der Waals surface area contributed by atoms with Gasteiger partial charge in [0.15, 0.2) is 35.2 Å². The van der Waals surface area contributed by atoms with Crippen LogP contribution in [0.2, 0.25) is 5.02 Å². The lowest BCUT2D eigenvalue weighted by molar-refractivity contribution is -0.766. The predicted octanol–water partition coefficient (Wildman–Crippen LogP) is 1.23. The number of fused-ring (bicyclic) bond motifs is 2.